The first-order chi connectivity index (χ1) is 15.6. The average Bonchev–Trinajstić information content (AvgIpc) is 2.84. The number of benzene rings is 3. The lowest BCUT2D eigenvalue weighted by molar-refractivity contribution is -0.113. The lowest BCUT2D eigenvalue weighted by atomic mass is 10.0. The SMILES string of the molecule is NC(=O)c1cc(-c2ccccc2)ccc1NCCC(C=O)Oc1ccc2ccccc2n1. The van der Waals surface area contributed by atoms with E-state index in [1.165, 1.54) is 0 Å². The van der Waals surface area contributed by atoms with Crippen LogP contribution in [0.3, 0.4) is 0 Å². The molecule has 1 atom stereocenters. The summed E-state index contributed by atoms with van der Waals surface area (Å²) in [6.07, 6.45) is 0.486. The molecule has 0 aliphatic carbocycles. The van der Waals surface area contributed by atoms with E-state index in [1.807, 2.05) is 72.8 Å². The molecule has 0 aliphatic heterocycles. The van der Waals surface area contributed by atoms with E-state index in [9.17, 15) is 9.59 Å². The number of hydrogen-bond acceptors (Lipinski definition) is 5. The number of nitrogens with two attached hydrogens (primary N) is 1. The Balaban J connectivity index is 1.41. The first kappa shape index (κ1) is 21.1. The molecule has 0 radical (unpaired) electrons. The molecule has 1 amide bonds. The lowest BCUT2D eigenvalue weighted by Gasteiger charge is -2.16. The van der Waals surface area contributed by atoms with Crippen molar-refractivity contribution in [2.24, 2.45) is 5.73 Å². The molecule has 3 aromatic carbocycles. The highest BCUT2D eigenvalue weighted by Crippen LogP contribution is 2.25. The van der Waals surface area contributed by atoms with Gasteiger partial charge in [0.2, 0.25) is 5.88 Å². The van der Waals surface area contributed by atoms with Gasteiger partial charge in [-0.2, -0.15) is 0 Å². The van der Waals surface area contributed by atoms with E-state index in [-0.39, 0.29) is 0 Å². The Morgan fingerprint density at radius 3 is 2.53 bits per heavy atom. The van der Waals surface area contributed by atoms with Gasteiger partial charge in [-0.3, -0.25) is 9.59 Å². The molecule has 0 aliphatic rings. The first-order valence-electron chi connectivity index (χ1n) is 10.3. The van der Waals surface area contributed by atoms with Crippen LogP contribution in [0, 0.1) is 0 Å². The average molecular weight is 425 g/mol. The number of primary amides is 1. The molecule has 1 unspecified atom stereocenters. The molecule has 4 aromatic rings. The minimum atomic E-state index is -0.670. The van der Waals surface area contributed by atoms with Crippen molar-refractivity contribution >= 4 is 28.8 Å². The molecule has 32 heavy (non-hydrogen) atoms. The number of nitrogens with zero attached hydrogens (tertiary/aromatic N) is 1. The number of anilines is 1. The van der Waals surface area contributed by atoms with E-state index in [4.69, 9.17) is 10.5 Å². The number of hydrogen-bond donors (Lipinski definition) is 2. The minimum Gasteiger partial charge on any atom is -0.467 e. The van der Waals surface area contributed by atoms with Crippen molar-refractivity contribution in [2.75, 3.05) is 11.9 Å². The van der Waals surface area contributed by atoms with Crippen LogP contribution in [0.2, 0.25) is 0 Å². The highest BCUT2D eigenvalue weighted by molar-refractivity contribution is 5.99. The third-order valence-electron chi connectivity index (χ3n) is 5.13. The number of pyridine rings is 1. The van der Waals surface area contributed by atoms with Gasteiger partial charge in [0, 0.05) is 30.1 Å². The quantitative estimate of drug-likeness (QED) is 0.387. The van der Waals surface area contributed by atoms with E-state index in [0.29, 0.717) is 30.1 Å². The summed E-state index contributed by atoms with van der Waals surface area (Å²) >= 11 is 0. The Morgan fingerprint density at radius 2 is 1.75 bits per heavy atom. The molecule has 3 N–H and O–H groups in total. The topological polar surface area (TPSA) is 94.3 Å². The second kappa shape index (κ2) is 9.75. The van der Waals surface area contributed by atoms with Crippen LogP contribution in [0.25, 0.3) is 22.0 Å². The number of aldehydes is 1. The van der Waals surface area contributed by atoms with Crippen LogP contribution in [-0.4, -0.2) is 29.8 Å². The predicted molar refractivity (Wildman–Crippen MR) is 126 cm³/mol. The fourth-order valence-corrected chi connectivity index (χ4v) is 3.48. The molecule has 0 fully saturated rings. The van der Waals surface area contributed by atoms with Gasteiger partial charge >= 0.3 is 0 Å². The predicted octanol–water partition coefficient (Wildman–Crippen LogP) is 4.45. The molecule has 0 bridgehead atoms. The number of rotatable bonds is 9. The van der Waals surface area contributed by atoms with Gasteiger partial charge in [-0.15, -0.1) is 0 Å². The third-order valence-corrected chi connectivity index (χ3v) is 5.13. The van der Waals surface area contributed by atoms with Crippen LogP contribution in [0.1, 0.15) is 16.8 Å². The number of amides is 1. The third kappa shape index (κ3) is 4.92. The molecular weight excluding hydrogens is 402 g/mol. The van der Waals surface area contributed by atoms with Gasteiger partial charge in [-0.05, 0) is 35.4 Å². The zero-order chi connectivity index (χ0) is 22.3. The number of nitrogens with one attached hydrogen (secondary N) is 1. The molecule has 6 heteroatoms. The van der Waals surface area contributed by atoms with Crippen molar-refractivity contribution in [3.05, 3.63) is 90.5 Å². The standard InChI is InChI=1S/C26H23N3O3/c27-26(31)22-16-20(18-6-2-1-3-7-18)10-12-24(22)28-15-14-21(17-30)32-25-13-11-19-8-4-5-9-23(19)29-25/h1-13,16-17,21,28H,14-15H2,(H2,27,31). The Labute approximate surface area is 186 Å². The number of aromatic nitrogens is 1. The van der Waals surface area contributed by atoms with Gasteiger partial charge in [0.15, 0.2) is 12.4 Å². The van der Waals surface area contributed by atoms with E-state index in [1.54, 1.807) is 12.1 Å². The van der Waals surface area contributed by atoms with Gasteiger partial charge in [0.25, 0.3) is 5.91 Å². The summed E-state index contributed by atoms with van der Waals surface area (Å²) in [6.45, 7) is 0.419. The number of ether oxygens (including phenoxy) is 1. The molecule has 0 saturated carbocycles. The fourth-order valence-electron chi connectivity index (χ4n) is 3.48. The van der Waals surface area contributed by atoms with Gasteiger partial charge < -0.3 is 15.8 Å². The summed E-state index contributed by atoms with van der Waals surface area (Å²) in [7, 11) is 0. The minimum absolute atomic E-state index is 0.394. The molecule has 160 valence electrons. The van der Waals surface area contributed by atoms with Crippen molar-refractivity contribution in [3.63, 3.8) is 0 Å². The van der Waals surface area contributed by atoms with Gasteiger partial charge in [0.05, 0.1) is 11.1 Å². The Kier molecular flexibility index (Phi) is 6.41. The maximum atomic E-state index is 12.0. The van der Waals surface area contributed by atoms with Crippen LogP contribution in [0.4, 0.5) is 5.69 Å². The highest BCUT2D eigenvalue weighted by Gasteiger charge is 2.13. The Morgan fingerprint density at radius 1 is 0.969 bits per heavy atom. The number of carbonyl (C=O) groups excluding carboxylic acids is 2. The molecule has 0 spiro atoms. The summed E-state index contributed by atoms with van der Waals surface area (Å²) in [5.41, 5.74) is 9.32. The van der Waals surface area contributed by atoms with Crippen molar-refractivity contribution in [2.45, 2.75) is 12.5 Å². The Bertz CT molecular complexity index is 1240. The zero-order valence-electron chi connectivity index (χ0n) is 17.4. The molecular formula is C26H23N3O3. The van der Waals surface area contributed by atoms with Crippen molar-refractivity contribution in [3.8, 4) is 17.0 Å². The van der Waals surface area contributed by atoms with E-state index in [2.05, 4.69) is 10.3 Å². The summed E-state index contributed by atoms with van der Waals surface area (Å²) in [4.78, 5) is 28.0. The second-order valence-corrected chi connectivity index (χ2v) is 7.34. The van der Waals surface area contributed by atoms with Crippen LogP contribution in [0.15, 0.2) is 84.9 Å². The summed E-state index contributed by atoms with van der Waals surface area (Å²) < 4.78 is 5.75. The van der Waals surface area contributed by atoms with Crippen LogP contribution < -0.4 is 15.8 Å². The van der Waals surface area contributed by atoms with Crippen LogP contribution >= 0.6 is 0 Å². The number of para-hydroxylation sites is 1. The number of fused-ring (bicyclic) bond motifs is 1. The van der Waals surface area contributed by atoms with E-state index < -0.39 is 12.0 Å². The van der Waals surface area contributed by atoms with Crippen molar-refractivity contribution in [1.29, 1.82) is 0 Å². The number of carbonyl (C=O) groups is 2. The van der Waals surface area contributed by atoms with Crippen LogP contribution in [-0.2, 0) is 4.79 Å². The summed E-state index contributed by atoms with van der Waals surface area (Å²) in [5.74, 6) is -0.125. The smallest absolute Gasteiger partial charge is 0.250 e. The van der Waals surface area contributed by atoms with Crippen molar-refractivity contribution < 1.29 is 14.3 Å². The van der Waals surface area contributed by atoms with Crippen LogP contribution in [0.5, 0.6) is 5.88 Å². The Hall–Kier alpha value is -4.19. The molecule has 6 nitrogen and oxygen atoms in total. The van der Waals surface area contributed by atoms with Crippen molar-refractivity contribution in [1.82, 2.24) is 4.98 Å². The summed E-state index contributed by atoms with van der Waals surface area (Å²) in [6, 6.07) is 26.6. The molecule has 4 rings (SSSR count). The maximum Gasteiger partial charge on any atom is 0.250 e. The monoisotopic (exact) mass is 425 g/mol. The fraction of sp³-hybridized carbons (Fsp3) is 0.115. The molecule has 1 aromatic heterocycles. The molecule has 0 saturated heterocycles. The first-order valence-corrected chi connectivity index (χ1v) is 10.3. The van der Waals surface area contributed by atoms with Gasteiger partial charge in [0.1, 0.15) is 0 Å². The molecule has 1 heterocycles. The second-order valence-electron chi connectivity index (χ2n) is 7.34. The largest absolute Gasteiger partial charge is 0.467 e. The van der Waals surface area contributed by atoms with E-state index >= 15 is 0 Å². The lowest BCUT2D eigenvalue weighted by Crippen LogP contribution is -2.23. The normalized spacial score (nSPS) is 11.6. The summed E-state index contributed by atoms with van der Waals surface area (Å²) in [5, 5.41) is 4.20. The van der Waals surface area contributed by atoms with E-state index in [0.717, 1.165) is 28.3 Å². The maximum absolute atomic E-state index is 12.0. The van der Waals surface area contributed by atoms with Gasteiger partial charge in [-0.25, -0.2) is 4.98 Å². The highest BCUT2D eigenvalue weighted by atomic mass is 16.5. The zero-order valence-corrected chi connectivity index (χ0v) is 17.4. The van der Waals surface area contributed by atoms with Gasteiger partial charge in [-0.1, -0.05) is 54.6 Å².